The number of carbonyl (C=O) groups excluding carboxylic acids is 1. The summed E-state index contributed by atoms with van der Waals surface area (Å²) in [7, 11) is 0. The van der Waals surface area contributed by atoms with Gasteiger partial charge in [-0.25, -0.2) is 4.98 Å². The fraction of sp³-hybridized carbons (Fsp3) is 0.400. The third kappa shape index (κ3) is 3.92. The minimum atomic E-state index is 0.183. The molecule has 136 valence electrons. The Morgan fingerprint density at radius 2 is 1.96 bits per heavy atom. The quantitative estimate of drug-likeness (QED) is 0.775. The van der Waals surface area contributed by atoms with Crippen LogP contribution in [-0.4, -0.2) is 65.3 Å². The lowest BCUT2D eigenvalue weighted by Crippen LogP contribution is -2.60. The lowest BCUT2D eigenvalue weighted by atomic mass is 10.0. The molecule has 6 heteroatoms. The van der Waals surface area contributed by atoms with Gasteiger partial charge in [0.25, 0.3) is 0 Å². The number of amides is 1. The molecule has 2 aliphatic rings. The molecule has 0 unspecified atom stereocenters. The Labute approximate surface area is 158 Å². The summed E-state index contributed by atoms with van der Waals surface area (Å²) in [4.78, 5) is 21.4. The van der Waals surface area contributed by atoms with Crippen LogP contribution in [0.2, 0.25) is 0 Å². The Kier molecular flexibility index (Phi) is 5.53. The van der Waals surface area contributed by atoms with E-state index >= 15 is 0 Å². The highest BCUT2D eigenvalue weighted by molar-refractivity contribution is 7.99. The Balaban J connectivity index is 1.36. The molecule has 5 nitrogen and oxygen atoms in total. The number of hydrogen-bond acceptors (Lipinski definition) is 5. The summed E-state index contributed by atoms with van der Waals surface area (Å²) in [6.07, 6.45) is 1.76. The van der Waals surface area contributed by atoms with Crippen molar-refractivity contribution in [1.29, 1.82) is 0 Å². The number of carbonyl (C=O) groups is 1. The van der Waals surface area contributed by atoms with Crippen LogP contribution >= 0.6 is 11.8 Å². The molecular formula is C20H23N3O2S. The Hall–Kier alpha value is -1.89. The van der Waals surface area contributed by atoms with Gasteiger partial charge in [0.05, 0.1) is 36.1 Å². The Morgan fingerprint density at radius 3 is 2.77 bits per heavy atom. The third-order valence-electron chi connectivity index (χ3n) is 5.03. The maximum atomic E-state index is 12.6. The lowest BCUT2D eigenvalue weighted by Gasteiger charge is -2.48. The van der Waals surface area contributed by atoms with E-state index < -0.39 is 0 Å². The fourth-order valence-corrected chi connectivity index (χ4v) is 4.45. The molecule has 0 aliphatic carbocycles. The SMILES string of the molecule is O=C(CSc1ccccn1)N1CCN2[C@@H](COC[C@@H]2c2ccccc2)C1. The zero-order valence-corrected chi connectivity index (χ0v) is 15.5. The van der Waals surface area contributed by atoms with E-state index in [1.807, 2.05) is 29.2 Å². The number of piperazine rings is 1. The van der Waals surface area contributed by atoms with Crippen molar-refractivity contribution in [2.75, 3.05) is 38.6 Å². The number of benzene rings is 1. The molecule has 2 atom stereocenters. The molecule has 0 radical (unpaired) electrons. The number of pyridine rings is 1. The summed E-state index contributed by atoms with van der Waals surface area (Å²) in [6.45, 7) is 3.84. The zero-order valence-electron chi connectivity index (χ0n) is 14.7. The first kappa shape index (κ1) is 17.5. The van der Waals surface area contributed by atoms with E-state index in [4.69, 9.17) is 4.74 Å². The monoisotopic (exact) mass is 369 g/mol. The van der Waals surface area contributed by atoms with Gasteiger partial charge in [-0.05, 0) is 17.7 Å². The van der Waals surface area contributed by atoms with Crippen molar-refractivity contribution in [1.82, 2.24) is 14.8 Å². The van der Waals surface area contributed by atoms with Crippen molar-refractivity contribution in [3.8, 4) is 0 Å². The van der Waals surface area contributed by atoms with Crippen LogP contribution in [0.25, 0.3) is 0 Å². The fourth-order valence-electron chi connectivity index (χ4n) is 3.69. The highest BCUT2D eigenvalue weighted by Crippen LogP contribution is 2.29. The predicted octanol–water partition coefficient (Wildman–Crippen LogP) is 2.46. The molecule has 26 heavy (non-hydrogen) atoms. The second-order valence-electron chi connectivity index (χ2n) is 6.65. The van der Waals surface area contributed by atoms with Gasteiger partial charge < -0.3 is 9.64 Å². The molecule has 3 heterocycles. The van der Waals surface area contributed by atoms with Crippen molar-refractivity contribution < 1.29 is 9.53 Å². The molecule has 2 fully saturated rings. The van der Waals surface area contributed by atoms with Gasteiger partial charge in [-0.15, -0.1) is 0 Å². The molecule has 1 aromatic carbocycles. The molecule has 2 saturated heterocycles. The minimum Gasteiger partial charge on any atom is -0.378 e. The number of ether oxygens (including phenoxy) is 1. The molecule has 0 bridgehead atoms. The van der Waals surface area contributed by atoms with Crippen molar-refractivity contribution >= 4 is 17.7 Å². The van der Waals surface area contributed by atoms with E-state index in [1.165, 1.54) is 17.3 Å². The summed E-state index contributed by atoms with van der Waals surface area (Å²) >= 11 is 1.50. The van der Waals surface area contributed by atoms with Gasteiger partial charge in [-0.3, -0.25) is 9.69 Å². The topological polar surface area (TPSA) is 45.7 Å². The first-order valence-electron chi connectivity index (χ1n) is 9.01. The lowest BCUT2D eigenvalue weighted by molar-refractivity contribution is -0.137. The van der Waals surface area contributed by atoms with Crippen LogP contribution in [0.4, 0.5) is 0 Å². The van der Waals surface area contributed by atoms with Crippen LogP contribution in [0.1, 0.15) is 11.6 Å². The van der Waals surface area contributed by atoms with E-state index in [2.05, 4.69) is 34.1 Å². The number of aromatic nitrogens is 1. The summed E-state index contributed by atoms with van der Waals surface area (Å²) in [5.74, 6) is 0.620. The molecule has 0 saturated carbocycles. The Morgan fingerprint density at radius 1 is 1.12 bits per heavy atom. The number of thioether (sulfide) groups is 1. The number of morpholine rings is 1. The maximum absolute atomic E-state index is 12.6. The Bertz CT molecular complexity index is 728. The highest BCUT2D eigenvalue weighted by Gasteiger charge is 2.37. The van der Waals surface area contributed by atoms with E-state index in [1.54, 1.807) is 6.20 Å². The number of hydrogen-bond donors (Lipinski definition) is 0. The normalized spacial score (nSPS) is 23.5. The number of fused-ring (bicyclic) bond motifs is 1. The third-order valence-corrected chi connectivity index (χ3v) is 5.96. The smallest absolute Gasteiger partial charge is 0.233 e. The van der Waals surface area contributed by atoms with Crippen LogP contribution in [0, 0.1) is 0 Å². The van der Waals surface area contributed by atoms with Gasteiger partial charge in [0.2, 0.25) is 5.91 Å². The van der Waals surface area contributed by atoms with Crippen LogP contribution in [0.5, 0.6) is 0 Å². The molecule has 1 amide bonds. The van der Waals surface area contributed by atoms with Gasteiger partial charge in [-0.1, -0.05) is 48.2 Å². The molecule has 0 N–H and O–H groups in total. The average molecular weight is 369 g/mol. The second-order valence-corrected chi connectivity index (χ2v) is 7.65. The molecule has 2 aliphatic heterocycles. The molecule has 2 aromatic rings. The van der Waals surface area contributed by atoms with Crippen molar-refractivity contribution in [2.45, 2.75) is 17.1 Å². The van der Waals surface area contributed by atoms with Crippen LogP contribution in [0.15, 0.2) is 59.8 Å². The van der Waals surface area contributed by atoms with Crippen molar-refractivity contribution in [3.05, 3.63) is 60.3 Å². The molecule has 0 spiro atoms. The summed E-state index contributed by atoms with van der Waals surface area (Å²) in [5, 5.41) is 0.893. The molecule has 1 aromatic heterocycles. The summed E-state index contributed by atoms with van der Waals surface area (Å²) in [6, 6.07) is 16.9. The molecular weight excluding hydrogens is 346 g/mol. The van der Waals surface area contributed by atoms with Crippen molar-refractivity contribution in [3.63, 3.8) is 0 Å². The zero-order chi connectivity index (χ0) is 17.8. The largest absolute Gasteiger partial charge is 0.378 e. The van der Waals surface area contributed by atoms with Crippen LogP contribution in [-0.2, 0) is 9.53 Å². The summed E-state index contributed by atoms with van der Waals surface area (Å²) < 4.78 is 5.87. The standard InChI is InChI=1S/C20H23N3O2S/c24-20(15-26-19-8-4-5-9-21-19)22-10-11-23-17(12-22)13-25-14-18(23)16-6-2-1-3-7-16/h1-9,17-18H,10-15H2/t17-,18-/m1/s1. The van der Waals surface area contributed by atoms with E-state index in [-0.39, 0.29) is 18.0 Å². The van der Waals surface area contributed by atoms with Gasteiger partial charge in [0.1, 0.15) is 0 Å². The number of nitrogens with zero attached hydrogens (tertiary/aromatic N) is 3. The van der Waals surface area contributed by atoms with Gasteiger partial charge in [0.15, 0.2) is 0 Å². The van der Waals surface area contributed by atoms with Gasteiger partial charge in [0, 0.05) is 25.8 Å². The second kappa shape index (κ2) is 8.20. The first-order valence-corrected chi connectivity index (χ1v) is 10.00. The predicted molar refractivity (Wildman–Crippen MR) is 102 cm³/mol. The van der Waals surface area contributed by atoms with Gasteiger partial charge in [-0.2, -0.15) is 0 Å². The summed E-state index contributed by atoms with van der Waals surface area (Å²) in [5.41, 5.74) is 1.29. The molecule has 4 rings (SSSR count). The van der Waals surface area contributed by atoms with E-state index in [9.17, 15) is 4.79 Å². The van der Waals surface area contributed by atoms with E-state index in [0.717, 1.165) is 31.3 Å². The van der Waals surface area contributed by atoms with Crippen LogP contribution < -0.4 is 0 Å². The highest BCUT2D eigenvalue weighted by atomic mass is 32.2. The van der Waals surface area contributed by atoms with Crippen molar-refractivity contribution in [2.24, 2.45) is 0 Å². The van der Waals surface area contributed by atoms with Crippen LogP contribution in [0.3, 0.4) is 0 Å². The minimum absolute atomic E-state index is 0.183. The van der Waals surface area contributed by atoms with E-state index in [0.29, 0.717) is 12.4 Å². The number of rotatable bonds is 4. The van der Waals surface area contributed by atoms with Gasteiger partial charge >= 0.3 is 0 Å². The average Bonchev–Trinajstić information content (AvgIpc) is 2.72. The maximum Gasteiger partial charge on any atom is 0.233 e. The first-order chi connectivity index (χ1) is 12.8.